The molecule has 0 bridgehead atoms. The van der Waals surface area contributed by atoms with Gasteiger partial charge in [-0.25, -0.2) is 0 Å². The number of allylic oxidation sites excluding steroid dienone is 4. The van der Waals surface area contributed by atoms with E-state index in [1.807, 2.05) is 34.6 Å². The molecule has 0 rings (SSSR count). The van der Waals surface area contributed by atoms with E-state index in [1.165, 1.54) is 96.3 Å². The van der Waals surface area contributed by atoms with Crippen LogP contribution < -0.4 is 0 Å². The van der Waals surface area contributed by atoms with Gasteiger partial charge in [0, 0.05) is 39.3 Å². The molecule has 0 saturated carbocycles. The van der Waals surface area contributed by atoms with E-state index in [2.05, 4.69) is 54.9 Å². The van der Waals surface area contributed by atoms with Crippen molar-refractivity contribution in [2.24, 2.45) is 0 Å². The molecule has 44 heavy (non-hydrogen) atoms. The second kappa shape index (κ2) is 41.4. The van der Waals surface area contributed by atoms with Gasteiger partial charge >= 0.3 is 0 Å². The zero-order valence-electron chi connectivity index (χ0n) is 30.1. The molecule has 0 heterocycles. The second-order valence-corrected chi connectivity index (χ2v) is 11.0. The highest BCUT2D eigenvalue weighted by Crippen LogP contribution is 2.14. The van der Waals surface area contributed by atoms with Crippen LogP contribution in [0.2, 0.25) is 0 Å². The smallest absolute Gasteiger partial charge is 0.157 e. The molecule has 0 amide bonds. The molecule has 0 aromatic heterocycles. The van der Waals surface area contributed by atoms with Crippen LogP contribution in [0.5, 0.6) is 0 Å². The summed E-state index contributed by atoms with van der Waals surface area (Å²) in [6.45, 7) is 15.3. The standard InChI is InChI=1S/C20H38O2.C20H34O2/c2*1-4-7-8-9-10-11-12-13-14-15-16-17-18-19-20(21-5-2)22-6-3/h7-10,20H,4-6,11-19H2,1-3H3;20H,4-6,11-19H2,1-3H3/b8-7-,10-9-;. The van der Waals surface area contributed by atoms with Gasteiger partial charge in [-0.2, -0.15) is 0 Å². The summed E-state index contributed by atoms with van der Waals surface area (Å²) in [5.41, 5.74) is 0. The topological polar surface area (TPSA) is 36.9 Å². The summed E-state index contributed by atoms with van der Waals surface area (Å²) in [5, 5.41) is 0. The first-order valence-corrected chi connectivity index (χ1v) is 18.4. The van der Waals surface area contributed by atoms with Gasteiger partial charge in [0.05, 0.1) is 0 Å². The van der Waals surface area contributed by atoms with Crippen molar-refractivity contribution < 1.29 is 18.9 Å². The SMILES string of the molecule is CC/C=C\C=C/CCCCCCCCCC(OCC)OCC.CCC#CC#CCCCCCCCCCC(OCC)OCC. The predicted molar refractivity (Wildman–Crippen MR) is 192 cm³/mol. The quantitative estimate of drug-likeness (QED) is 0.0362. The van der Waals surface area contributed by atoms with E-state index in [-0.39, 0.29) is 12.6 Å². The lowest BCUT2D eigenvalue weighted by atomic mass is 10.1. The minimum Gasteiger partial charge on any atom is -0.353 e. The van der Waals surface area contributed by atoms with Crippen molar-refractivity contribution >= 4 is 0 Å². The predicted octanol–water partition coefficient (Wildman–Crippen LogP) is 11.7. The number of unbranched alkanes of at least 4 members (excludes halogenated alkanes) is 14. The molecule has 4 nitrogen and oxygen atoms in total. The third-order valence-corrected chi connectivity index (χ3v) is 7.00. The molecule has 4 heteroatoms. The van der Waals surface area contributed by atoms with E-state index in [9.17, 15) is 0 Å². The average molecular weight is 617 g/mol. The Bertz CT molecular complexity index is 709. The summed E-state index contributed by atoms with van der Waals surface area (Å²) < 4.78 is 22.2. The third kappa shape index (κ3) is 38.5. The Morgan fingerprint density at radius 1 is 0.455 bits per heavy atom. The fraction of sp³-hybridized carbons (Fsp3) is 0.800. The van der Waals surface area contributed by atoms with Gasteiger partial charge in [0.25, 0.3) is 0 Å². The van der Waals surface area contributed by atoms with Crippen molar-refractivity contribution in [2.75, 3.05) is 26.4 Å². The zero-order valence-corrected chi connectivity index (χ0v) is 30.1. The van der Waals surface area contributed by atoms with Crippen LogP contribution in [0.25, 0.3) is 0 Å². The van der Waals surface area contributed by atoms with E-state index < -0.39 is 0 Å². The first-order chi connectivity index (χ1) is 21.7. The molecule has 0 spiro atoms. The first-order valence-electron chi connectivity index (χ1n) is 18.4. The summed E-state index contributed by atoms with van der Waals surface area (Å²) in [7, 11) is 0. The van der Waals surface area contributed by atoms with E-state index in [0.29, 0.717) is 0 Å². The number of rotatable bonds is 29. The normalized spacial score (nSPS) is 11.1. The van der Waals surface area contributed by atoms with Gasteiger partial charge in [0.2, 0.25) is 0 Å². The molecular weight excluding hydrogens is 544 g/mol. The van der Waals surface area contributed by atoms with Crippen molar-refractivity contribution in [1.82, 2.24) is 0 Å². The molecule has 256 valence electrons. The molecule has 0 saturated heterocycles. The highest BCUT2D eigenvalue weighted by Gasteiger charge is 2.07. The van der Waals surface area contributed by atoms with Gasteiger partial charge in [-0.15, -0.1) is 0 Å². The summed E-state index contributed by atoms with van der Waals surface area (Å²) in [6, 6.07) is 0. The number of hydrogen-bond donors (Lipinski definition) is 0. The lowest BCUT2D eigenvalue weighted by molar-refractivity contribution is -0.140. The molecule has 0 aromatic carbocycles. The van der Waals surface area contributed by atoms with E-state index in [1.54, 1.807) is 0 Å². The van der Waals surface area contributed by atoms with Crippen molar-refractivity contribution in [1.29, 1.82) is 0 Å². The van der Waals surface area contributed by atoms with Crippen LogP contribution in [0, 0.1) is 23.7 Å². The van der Waals surface area contributed by atoms with Gasteiger partial charge in [-0.1, -0.05) is 114 Å². The molecule has 0 unspecified atom stereocenters. The summed E-state index contributed by atoms with van der Waals surface area (Å²) in [4.78, 5) is 0. The van der Waals surface area contributed by atoms with E-state index >= 15 is 0 Å². The Morgan fingerprint density at radius 3 is 1.32 bits per heavy atom. The Kier molecular flexibility index (Phi) is 42.0. The lowest BCUT2D eigenvalue weighted by Crippen LogP contribution is -2.17. The lowest BCUT2D eigenvalue weighted by Gasteiger charge is -2.16. The highest BCUT2D eigenvalue weighted by molar-refractivity contribution is 5.25. The van der Waals surface area contributed by atoms with Crippen molar-refractivity contribution in [3.8, 4) is 23.7 Å². The number of hydrogen-bond acceptors (Lipinski definition) is 4. The minimum atomic E-state index is 0.00406. The molecule has 0 aliphatic rings. The van der Waals surface area contributed by atoms with Gasteiger partial charge in [0.15, 0.2) is 12.6 Å². The first kappa shape index (κ1) is 44.6. The Labute approximate surface area is 275 Å². The molecule has 0 fully saturated rings. The van der Waals surface area contributed by atoms with Crippen molar-refractivity contribution in [3.63, 3.8) is 0 Å². The molecule has 0 aromatic rings. The Hall–Kier alpha value is -1.56. The monoisotopic (exact) mass is 617 g/mol. The van der Waals surface area contributed by atoms with Gasteiger partial charge in [-0.3, -0.25) is 0 Å². The van der Waals surface area contributed by atoms with E-state index in [4.69, 9.17) is 18.9 Å². The van der Waals surface area contributed by atoms with Crippen LogP contribution in [0.1, 0.15) is 170 Å². The molecule has 0 atom stereocenters. The Morgan fingerprint density at radius 2 is 0.864 bits per heavy atom. The highest BCUT2D eigenvalue weighted by atomic mass is 16.7. The number of ether oxygens (including phenoxy) is 4. The fourth-order valence-corrected chi connectivity index (χ4v) is 4.67. The van der Waals surface area contributed by atoms with Gasteiger partial charge in [-0.05, 0) is 90.9 Å². The van der Waals surface area contributed by atoms with Crippen LogP contribution in [0.4, 0.5) is 0 Å². The van der Waals surface area contributed by atoms with Gasteiger partial charge in [0.1, 0.15) is 0 Å². The molecule has 0 radical (unpaired) electrons. The fourth-order valence-electron chi connectivity index (χ4n) is 4.67. The molecule has 0 N–H and O–H groups in total. The van der Waals surface area contributed by atoms with Gasteiger partial charge < -0.3 is 18.9 Å². The zero-order chi connectivity index (χ0) is 32.6. The van der Waals surface area contributed by atoms with Crippen molar-refractivity contribution in [2.45, 2.75) is 183 Å². The maximum absolute atomic E-state index is 5.56. The molecule has 0 aliphatic carbocycles. The van der Waals surface area contributed by atoms with Crippen LogP contribution in [0.15, 0.2) is 24.3 Å². The average Bonchev–Trinajstić information content (AvgIpc) is 3.02. The molecule has 0 aliphatic heterocycles. The Balaban J connectivity index is 0. The van der Waals surface area contributed by atoms with E-state index in [0.717, 1.165) is 58.5 Å². The largest absolute Gasteiger partial charge is 0.353 e. The summed E-state index contributed by atoms with van der Waals surface area (Å²) in [6.07, 6.45) is 33.4. The van der Waals surface area contributed by atoms with Crippen LogP contribution in [-0.2, 0) is 18.9 Å². The van der Waals surface area contributed by atoms with Crippen LogP contribution in [-0.4, -0.2) is 39.0 Å². The maximum Gasteiger partial charge on any atom is 0.157 e. The summed E-state index contributed by atoms with van der Waals surface area (Å²) in [5.74, 6) is 11.8. The minimum absolute atomic E-state index is 0.00406. The van der Waals surface area contributed by atoms with Crippen molar-refractivity contribution in [3.05, 3.63) is 24.3 Å². The second-order valence-electron chi connectivity index (χ2n) is 11.0. The maximum atomic E-state index is 5.56. The van der Waals surface area contributed by atoms with Crippen LogP contribution in [0.3, 0.4) is 0 Å². The summed E-state index contributed by atoms with van der Waals surface area (Å²) >= 11 is 0. The third-order valence-electron chi connectivity index (χ3n) is 7.00. The molecular formula is C40H72O4. The van der Waals surface area contributed by atoms with Crippen LogP contribution >= 0.6 is 0 Å².